The van der Waals surface area contributed by atoms with Gasteiger partial charge in [0.05, 0.1) is 24.9 Å². The molecule has 10 nitrogen and oxygen atoms in total. The minimum absolute atomic E-state index is 0.0119. The van der Waals surface area contributed by atoms with Crippen molar-refractivity contribution in [1.29, 1.82) is 0 Å². The van der Waals surface area contributed by atoms with E-state index in [0.29, 0.717) is 0 Å². The van der Waals surface area contributed by atoms with Crippen LogP contribution in [-0.2, 0) is 38.2 Å². The van der Waals surface area contributed by atoms with Gasteiger partial charge in [-0.15, -0.1) is 0 Å². The summed E-state index contributed by atoms with van der Waals surface area (Å²) in [5.74, 6) is -4.37. The number of carbonyl (C=O) groups is 4. The highest BCUT2D eigenvalue weighted by Crippen LogP contribution is 2.71. The average Bonchev–Trinajstić information content (AvgIpc) is 3.02. The second-order valence-electron chi connectivity index (χ2n) is 11.1. The highest BCUT2D eigenvalue weighted by molar-refractivity contribution is 7.86. The second kappa shape index (κ2) is 8.54. The van der Waals surface area contributed by atoms with Gasteiger partial charge < -0.3 is 14.6 Å². The van der Waals surface area contributed by atoms with Crippen molar-refractivity contribution in [3.63, 3.8) is 0 Å². The van der Waals surface area contributed by atoms with Crippen molar-refractivity contribution in [2.24, 2.45) is 28.6 Å². The number of aliphatic hydroxyl groups is 1. The van der Waals surface area contributed by atoms with Crippen LogP contribution < -0.4 is 0 Å². The predicted molar refractivity (Wildman–Crippen MR) is 125 cm³/mol. The molecule has 3 saturated carbocycles. The fourth-order valence-electron chi connectivity index (χ4n) is 7.67. The van der Waals surface area contributed by atoms with Crippen molar-refractivity contribution >= 4 is 33.6 Å². The van der Waals surface area contributed by atoms with Crippen molar-refractivity contribution in [3.8, 4) is 0 Å². The van der Waals surface area contributed by atoms with E-state index in [4.69, 9.17) is 8.92 Å². The van der Waals surface area contributed by atoms with Gasteiger partial charge in [0.25, 0.3) is 10.1 Å². The summed E-state index contributed by atoms with van der Waals surface area (Å²) in [6, 6.07) is 0. The smallest absolute Gasteiger partial charge is 0.438 e. The van der Waals surface area contributed by atoms with E-state index in [9.17, 15) is 32.7 Å². The third kappa shape index (κ3) is 3.66. The second-order valence-corrected chi connectivity index (χ2v) is 12.7. The topological polar surface area (TPSA) is 150 Å². The lowest BCUT2D eigenvalue weighted by Gasteiger charge is -2.62. The molecule has 0 saturated heterocycles. The van der Waals surface area contributed by atoms with Crippen LogP contribution in [0, 0.1) is 28.6 Å². The van der Waals surface area contributed by atoms with Crippen molar-refractivity contribution < 1.29 is 50.7 Å². The van der Waals surface area contributed by atoms with Crippen LogP contribution in [0.15, 0.2) is 23.8 Å². The molecule has 4 rings (SSSR count). The van der Waals surface area contributed by atoms with Gasteiger partial charge in [-0.1, -0.05) is 19.9 Å². The Labute approximate surface area is 214 Å². The lowest BCUT2D eigenvalue weighted by atomic mass is 9.44. The van der Waals surface area contributed by atoms with Gasteiger partial charge in [-0.3, -0.25) is 18.6 Å². The summed E-state index contributed by atoms with van der Waals surface area (Å²) in [6.07, 6.45) is 0.880. The number of hydrogen-bond donors (Lipinski definition) is 1. The molecule has 0 bridgehead atoms. The Balaban J connectivity index is 1.86. The zero-order chi connectivity index (χ0) is 27.8. The van der Waals surface area contributed by atoms with Crippen molar-refractivity contribution in [3.05, 3.63) is 23.8 Å². The Morgan fingerprint density at radius 1 is 1.22 bits per heavy atom. The Morgan fingerprint density at radius 3 is 2.46 bits per heavy atom. The largest absolute Gasteiger partial charge is 0.509 e. The summed E-state index contributed by atoms with van der Waals surface area (Å²) < 4.78 is 55.6. The van der Waals surface area contributed by atoms with E-state index >= 15 is 4.39 Å². The Morgan fingerprint density at radius 2 is 1.86 bits per heavy atom. The number of ether oxygens (including phenoxy) is 2. The Kier molecular flexibility index (Phi) is 6.37. The van der Waals surface area contributed by atoms with Gasteiger partial charge >= 0.3 is 6.16 Å². The van der Waals surface area contributed by atoms with E-state index in [1.807, 2.05) is 0 Å². The van der Waals surface area contributed by atoms with E-state index in [1.165, 1.54) is 19.1 Å². The number of alkyl halides is 1. The monoisotopic (exact) mass is 542 g/mol. The maximum absolute atomic E-state index is 17.3. The molecule has 0 spiro atoms. The molecule has 0 aromatic carbocycles. The maximum Gasteiger partial charge on any atom is 0.509 e. The average molecular weight is 543 g/mol. The third-order valence-corrected chi connectivity index (χ3v) is 9.80. The van der Waals surface area contributed by atoms with Crippen LogP contribution in [-0.4, -0.2) is 74.4 Å². The zero-order valence-corrected chi connectivity index (χ0v) is 22.1. The van der Waals surface area contributed by atoms with Crippen LogP contribution in [0.1, 0.15) is 40.0 Å². The van der Waals surface area contributed by atoms with Gasteiger partial charge in [-0.25, -0.2) is 9.18 Å². The van der Waals surface area contributed by atoms with Crippen molar-refractivity contribution in [2.75, 3.05) is 20.0 Å². The Bertz CT molecular complexity index is 1240. The summed E-state index contributed by atoms with van der Waals surface area (Å²) in [7, 11) is -2.99. The minimum Gasteiger partial charge on any atom is -0.438 e. The van der Waals surface area contributed by atoms with Crippen LogP contribution in [0.4, 0.5) is 9.18 Å². The molecule has 37 heavy (non-hydrogen) atoms. The highest BCUT2D eigenvalue weighted by Gasteiger charge is 2.78. The molecule has 4 aliphatic carbocycles. The number of ketones is 3. The quantitative estimate of drug-likeness (QED) is 0.403. The maximum atomic E-state index is 17.3. The SMILES string of the molecule is COC(=O)O[C@]1(C(=O)COS(C)(=O)=O)[C@@H](C)C[C@H]2[C@@H]3CC(=O)C4=CC(=O)C=C[C@]4(C)[C@@]3(F)[C@@H](O)C[C@@]21C. The van der Waals surface area contributed by atoms with E-state index < -0.39 is 86.2 Å². The molecule has 1 N–H and O–H groups in total. The molecule has 0 heterocycles. The molecular weight excluding hydrogens is 511 g/mol. The zero-order valence-electron chi connectivity index (χ0n) is 21.3. The highest BCUT2D eigenvalue weighted by atomic mass is 32.2. The molecule has 0 radical (unpaired) electrons. The first-order chi connectivity index (χ1) is 17.0. The number of rotatable bonds is 5. The minimum atomic E-state index is -4.04. The van der Waals surface area contributed by atoms with Gasteiger partial charge in [0, 0.05) is 29.2 Å². The molecule has 0 aromatic rings. The van der Waals surface area contributed by atoms with Crippen molar-refractivity contribution in [1.82, 2.24) is 0 Å². The standard InChI is InChI=1S/C25H31FO10S/c1-13-8-15-16-10-18(28)17-9-14(27)6-7-22(17,2)24(16,26)19(29)11-23(15,3)25(13,36-21(31)34-4)20(30)12-35-37(5,32)33/h6-7,9,13,15-16,19,29H,8,10-12H2,1-5H3/t13-,15-,16-,19-,22-,23-,24-,25-/m0/s1. The van der Waals surface area contributed by atoms with Gasteiger partial charge in [-0.2, -0.15) is 8.42 Å². The molecular formula is C25H31FO10S. The fraction of sp³-hybridized carbons (Fsp3) is 0.680. The molecule has 0 unspecified atom stereocenters. The Hall–Kier alpha value is -2.44. The number of fused-ring (bicyclic) bond motifs is 5. The van der Waals surface area contributed by atoms with Gasteiger partial charge in [0.15, 0.2) is 22.8 Å². The normalized spacial score (nSPS) is 42.8. The first-order valence-electron chi connectivity index (χ1n) is 12.0. The number of carbonyl (C=O) groups excluding carboxylic acids is 4. The lowest BCUT2D eigenvalue weighted by molar-refractivity contribution is -0.220. The summed E-state index contributed by atoms with van der Waals surface area (Å²) >= 11 is 0. The van der Waals surface area contributed by atoms with Crippen LogP contribution in [0.3, 0.4) is 0 Å². The molecule has 204 valence electrons. The van der Waals surface area contributed by atoms with E-state index in [1.54, 1.807) is 13.8 Å². The number of allylic oxidation sites excluding steroid dienone is 4. The molecule has 4 aliphatic rings. The molecule has 12 heteroatoms. The predicted octanol–water partition coefficient (Wildman–Crippen LogP) is 1.85. The fourth-order valence-corrected chi connectivity index (χ4v) is 7.99. The van der Waals surface area contributed by atoms with Gasteiger partial charge in [0.2, 0.25) is 5.78 Å². The third-order valence-electron chi connectivity index (χ3n) is 9.25. The van der Waals surface area contributed by atoms with Crippen LogP contribution in [0.2, 0.25) is 0 Å². The van der Waals surface area contributed by atoms with Gasteiger partial charge in [0.1, 0.15) is 6.61 Å². The number of hydrogen-bond acceptors (Lipinski definition) is 10. The van der Waals surface area contributed by atoms with E-state index in [2.05, 4.69) is 4.74 Å². The molecule has 0 aliphatic heterocycles. The number of halogens is 1. The lowest BCUT2D eigenvalue weighted by Crippen LogP contribution is -2.71. The van der Waals surface area contributed by atoms with Crippen LogP contribution in [0.5, 0.6) is 0 Å². The van der Waals surface area contributed by atoms with Crippen LogP contribution >= 0.6 is 0 Å². The molecule has 0 aromatic heterocycles. The number of methoxy groups -OCH3 is 1. The van der Waals surface area contributed by atoms with Crippen molar-refractivity contribution in [2.45, 2.75) is 57.4 Å². The summed E-state index contributed by atoms with van der Waals surface area (Å²) in [5.41, 5.74) is -7.42. The van der Waals surface area contributed by atoms with E-state index in [0.717, 1.165) is 19.4 Å². The molecule has 8 atom stereocenters. The van der Waals surface area contributed by atoms with E-state index in [-0.39, 0.29) is 24.8 Å². The first-order valence-corrected chi connectivity index (χ1v) is 13.8. The number of aliphatic hydroxyl groups excluding tert-OH is 1. The number of Topliss-reactive ketones (excluding diaryl/α,β-unsaturated/α-hetero) is 2. The first kappa shape index (κ1) is 27.6. The summed E-state index contributed by atoms with van der Waals surface area (Å²) in [5, 5.41) is 11.4. The molecule has 0 amide bonds. The summed E-state index contributed by atoms with van der Waals surface area (Å²) in [6.45, 7) is 3.70. The van der Waals surface area contributed by atoms with Crippen LogP contribution in [0.25, 0.3) is 0 Å². The van der Waals surface area contributed by atoms with Gasteiger partial charge in [-0.05, 0) is 37.8 Å². The summed E-state index contributed by atoms with van der Waals surface area (Å²) in [4.78, 5) is 51.3. The molecule has 3 fully saturated rings.